The van der Waals surface area contributed by atoms with E-state index in [9.17, 15) is 4.79 Å². The zero-order valence-electron chi connectivity index (χ0n) is 8.98. The van der Waals surface area contributed by atoms with Crippen molar-refractivity contribution in [3.05, 3.63) is 11.6 Å². The molecule has 1 heteroatoms. The Morgan fingerprint density at radius 2 is 1.92 bits per heavy atom. The highest BCUT2D eigenvalue weighted by Crippen LogP contribution is 2.65. The number of fused-ring (bicyclic) bond motifs is 1. The van der Waals surface area contributed by atoms with Crippen LogP contribution in [0.2, 0.25) is 0 Å². The Morgan fingerprint density at radius 3 is 2.38 bits per heavy atom. The topological polar surface area (TPSA) is 17.1 Å². The highest BCUT2D eigenvalue weighted by molar-refractivity contribution is 5.89. The van der Waals surface area contributed by atoms with Gasteiger partial charge in [0, 0.05) is 11.8 Å². The Kier molecular flexibility index (Phi) is 1.56. The van der Waals surface area contributed by atoms with Crippen LogP contribution in [0.3, 0.4) is 0 Å². The number of Topliss-reactive ketones (excluding diaryl/α,β-unsaturated/α-hetero) is 1. The second kappa shape index (κ2) is 2.26. The number of rotatable bonds is 0. The van der Waals surface area contributed by atoms with Crippen molar-refractivity contribution in [3.63, 3.8) is 0 Å². The van der Waals surface area contributed by atoms with Gasteiger partial charge in [-0.25, -0.2) is 0 Å². The van der Waals surface area contributed by atoms with E-state index >= 15 is 0 Å². The largest absolute Gasteiger partial charge is 0.299 e. The maximum absolute atomic E-state index is 11.8. The van der Waals surface area contributed by atoms with Crippen LogP contribution < -0.4 is 0 Å². The first kappa shape index (κ1) is 8.98. The van der Waals surface area contributed by atoms with Gasteiger partial charge in [-0.05, 0) is 24.7 Å². The van der Waals surface area contributed by atoms with Crippen LogP contribution in [0.5, 0.6) is 0 Å². The Labute approximate surface area is 80.2 Å². The van der Waals surface area contributed by atoms with Gasteiger partial charge in [0.05, 0.1) is 0 Å². The first-order chi connectivity index (χ1) is 5.92. The summed E-state index contributed by atoms with van der Waals surface area (Å²) in [6.07, 6.45) is 4.14. The van der Waals surface area contributed by atoms with Gasteiger partial charge >= 0.3 is 0 Å². The summed E-state index contributed by atoms with van der Waals surface area (Å²) in [5.74, 6) is 0.981. The van der Waals surface area contributed by atoms with Crippen molar-refractivity contribution in [1.29, 1.82) is 0 Å². The highest BCUT2D eigenvalue weighted by Gasteiger charge is 2.62. The molecule has 0 radical (unpaired) electrons. The van der Waals surface area contributed by atoms with Crippen molar-refractivity contribution in [2.75, 3.05) is 0 Å². The lowest BCUT2D eigenvalue weighted by Crippen LogP contribution is -2.41. The van der Waals surface area contributed by atoms with Crippen molar-refractivity contribution >= 4 is 5.78 Å². The average molecular weight is 178 g/mol. The first-order valence-electron chi connectivity index (χ1n) is 5.10. The molecule has 0 aliphatic heterocycles. The van der Waals surface area contributed by atoms with Crippen molar-refractivity contribution < 1.29 is 4.79 Å². The van der Waals surface area contributed by atoms with Gasteiger partial charge in [0.15, 0.2) is 0 Å². The molecule has 0 aromatic heterocycles. The molecule has 0 saturated heterocycles. The molecule has 2 aliphatic rings. The van der Waals surface area contributed by atoms with E-state index in [1.807, 2.05) is 0 Å². The summed E-state index contributed by atoms with van der Waals surface area (Å²) in [6.45, 7) is 8.56. The predicted octanol–water partition coefficient (Wildman–Crippen LogP) is 2.96. The van der Waals surface area contributed by atoms with E-state index in [-0.39, 0.29) is 5.41 Å². The molecule has 72 valence electrons. The van der Waals surface area contributed by atoms with E-state index in [4.69, 9.17) is 0 Å². The van der Waals surface area contributed by atoms with Crippen molar-refractivity contribution in [2.24, 2.45) is 16.7 Å². The normalized spacial score (nSPS) is 44.8. The standard InChI is InChI=1S/C12H18O/c1-5-8-6-12(4)7-9(13)11(2,3)10(8)12/h5,10H,6-7H2,1-4H3/b8-5+. The second-order valence-corrected chi connectivity index (χ2v) is 5.45. The molecule has 0 amide bonds. The Morgan fingerprint density at radius 1 is 1.31 bits per heavy atom. The SMILES string of the molecule is C/C=C1\CC2(C)CC(=O)C(C)(C)C12. The molecule has 1 nitrogen and oxygen atoms in total. The highest BCUT2D eigenvalue weighted by atomic mass is 16.1. The zero-order valence-corrected chi connectivity index (χ0v) is 8.98. The van der Waals surface area contributed by atoms with Gasteiger partial charge < -0.3 is 0 Å². The Hall–Kier alpha value is -0.590. The van der Waals surface area contributed by atoms with Crippen LogP contribution in [0, 0.1) is 16.7 Å². The molecular formula is C12H18O. The second-order valence-electron chi connectivity index (χ2n) is 5.45. The van der Waals surface area contributed by atoms with Gasteiger partial charge in [-0.2, -0.15) is 0 Å². The lowest BCUT2D eigenvalue weighted by atomic mass is 9.55. The summed E-state index contributed by atoms with van der Waals surface area (Å²) in [6, 6.07) is 0. The fourth-order valence-electron chi connectivity index (χ4n) is 3.51. The van der Waals surface area contributed by atoms with E-state index in [0.717, 1.165) is 12.8 Å². The minimum atomic E-state index is -0.102. The summed E-state index contributed by atoms with van der Waals surface area (Å²) in [5.41, 5.74) is 1.69. The van der Waals surface area contributed by atoms with Crippen LogP contribution in [0.4, 0.5) is 0 Å². The molecule has 0 aromatic rings. The van der Waals surface area contributed by atoms with Crippen LogP contribution in [0.15, 0.2) is 11.6 Å². The van der Waals surface area contributed by atoms with Gasteiger partial charge in [0.2, 0.25) is 0 Å². The minimum Gasteiger partial charge on any atom is -0.299 e. The lowest BCUT2D eigenvalue weighted by Gasteiger charge is -2.49. The molecule has 0 aromatic carbocycles. The van der Waals surface area contributed by atoms with Gasteiger partial charge in [0.25, 0.3) is 0 Å². The number of ketones is 1. The van der Waals surface area contributed by atoms with E-state index in [1.54, 1.807) is 0 Å². The van der Waals surface area contributed by atoms with E-state index in [0.29, 0.717) is 17.1 Å². The molecule has 13 heavy (non-hydrogen) atoms. The molecule has 2 unspecified atom stereocenters. The zero-order chi connectivity index (χ0) is 9.85. The van der Waals surface area contributed by atoms with Crippen LogP contribution >= 0.6 is 0 Å². The van der Waals surface area contributed by atoms with Crippen LogP contribution in [-0.2, 0) is 4.79 Å². The van der Waals surface area contributed by atoms with E-state index in [1.165, 1.54) is 5.57 Å². The molecule has 0 N–H and O–H groups in total. The smallest absolute Gasteiger partial charge is 0.139 e. The van der Waals surface area contributed by atoms with Gasteiger partial charge in [-0.15, -0.1) is 0 Å². The quantitative estimate of drug-likeness (QED) is 0.521. The summed E-state index contributed by atoms with van der Waals surface area (Å²) in [7, 11) is 0. The maximum Gasteiger partial charge on any atom is 0.139 e. The van der Waals surface area contributed by atoms with Gasteiger partial charge in [-0.3, -0.25) is 4.79 Å². The van der Waals surface area contributed by atoms with E-state index < -0.39 is 0 Å². The third-order valence-electron chi connectivity index (χ3n) is 4.05. The third-order valence-corrected chi connectivity index (χ3v) is 4.05. The van der Waals surface area contributed by atoms with Crippen molar-refractivity contribution in [2.45, 2.75) is 40.5 Å². The fraction of sp³-hybridized carbons (Fsp3) is 0.750. The van der Waals surface area contributed by atoms with Crippen molar-refractivity contribution in [3.8, 4) is 0 Å². The molecule has 2 aliphatic carbocycles. The average Bonchev–Trinajstić information content (AvgIpc) is 2.09. The third kappa shape index (κ3) is 0.905. The lowest BCUT2D eigenvalue weighted by molar-refractivity contribution is -0.125. The van der Waals surface area contributed by atoms with Crippen LogP contribution in [0.25, 0.3) is 0 Å². The summed E-state index contributed by atoms with van der Waals surface area (Å²) >= 11 is 0. The molecule has 0 spiro atoms. The fourth-order valence-corrected chi connectivity index (χ4v) is 3.51. The maximum atomic E-state index is 11.8. The molecule has 0 heterocycles. The number of hydrogen-bond acceptors (Lipinski definition) is 1. The molecular weight excluding hydrogens is 160 g/mol. The Bertz CT molecular complexity index is 298. The monoisotopic (exact) mass is 178 g/mol. The molecule has 0 bridgehead atoms. The van der Waals surface area contributed by atoms with Crippen LogP contribution in [0.1, 0.15) is 40.5 Å². The first-order valence-corrected chi connectivity index (χ1v) is 5.10. The number of carbonyl (C=O) groups excluding carboxylic acids is 1. The molecule has 2 fully saturated rings. The number of allylic oxidation sites excluding steroid dienone is 2. The summed E-state index contributed by atoms with van der Waals surface area (Å²) in [5, 5.41) is 0. The predicted molar refractivity (Wildman–Crippen MR) is 53.4 cm³/mol. The Balaban J connectivity index is 2.41. The summed E-state index contributed by atoms with van der Waals surface area (Å²) in [4.78, 5) is 11.8. The van der Waals surface area contributed by atoms with Gasteiger partial charge in [0.1, 0.15) is 5.78 Å². The molecule has 2 saturated carbocycles. The molecule has 2 atom stereocenters. The van der Waals surface area contributed by atoms with Crippen molar-refractivity contribution in [1.82, 2.24) is 0 Å². The summed E-state index contributed by atoms with van der Waals surface area (Å²) < 4.78 is 0. The van der Waals surface area contributed by atoms with E-state index in [2.05, 4.69) is 33.8 Å². The minimum absolute atomic E-state index is 0.102. The van der Waals surface area contributed by atoms with Gasteiger partial charge in [-0.1, -0.05) is 32.4 Å². The number of hydrogen-bond donors (Lipinski definition) is 0. The molecule has 2 rings (SSSR count). The van der Waals surface area contributed by atoms with Crippen LogP contribution in [-0.4, -0.2) is 5.78 Å². The number of carbonyl (C=O) groups is 1.